The monoisotopic (exact) mass is 346 g/mol. The SMILES string of the molecule is COc1ccc(C[C@@H]2CCN(Cc3cnc(NC(C)=O)s3)C2)nc1. The number of pyridine rings is 1. The number of rotatable bonds is 6. The molecule has 1 fully saturated rings. The number of likely N-dealkylation sites (tertiary alicyclic amines) is 1. The van der Waals surface area contributed by atoms with Crippen LogP contribution in [-0.4, -0.2) is 41.0 Å². The summed E-state index contributed by atoms with van der Waals surface area (Å²) in [4.78, 5) is 23.4. The summed E-state index contributed by atoms with van der Waals surface area (Å²) in [5, 5.41) is 3.41. The van der Waals surface area contributed by atoms with Crippen LogP contribution < -0.4 is 10.1 Å². The van der Waals surface area contributed by atoms with Gasteiger partial charge < -0.3 is 10.1 Å². The summed E-state index contributed by atoms with van der Waals surface area (Å²) < 4.78 is 5.15. The van der Waals surface area contributed by atoms with Gasteiger partial charge in [0.1, 0.15) is 5.75 Å². The Hall–Kier alpha value is -1.99. The van der Waals surface area contributed by atoms with Crippen molar-refractivity contribution < 1.29 is 9.53 Å². The lowest BCUT2D eigenvalue weighted by molar-refractivity contribution is -0.114. The van der Waals surface area contributed by atoms with Gasteiger partial charge in [0.2, 0.25) is 5.91 Å². The fourth-order valence-electron chi connectivity index (χ4n) is 2.98. The van der Waals surface area contributed by atoms with Crippen molar-refractivity contribution in [3.05, 3.63) is 35.1 Å². The van der Waals surface area contributed by atoms with Gasteiger partial charge in [-0.1, -0.05) is 0 Å². The van der Waals surface area contributed by atoms with Crippen LogP contribution in [0.25, 0.3) is 0 Å². The van der Waals surface area contributed by atoms with E-state index in [1.54, 1.807) is 24.6 Å². The second-order valence-electron chi connectivity index (χ2n) is 6.10. The van der Waals surface area contributed by atoms with Crippen LogP contribution >= 0.6 is 11.3 Å². The second-order valence-corrected chi connectivity index (χ2v) is 7.21. The van der Waals surface area contributed by atoms with E-state index in [1.165, 1.54) is 18.2 Å². The maximum Gasteiger partial charge on any atom is 0.223 e. The molecule has 1 atom stereocenters. The molecular weight excluding hydrogens is 324 g/mol. The van der Waals surface area contributed by atoms with Crippen molar-refractivity contribution in [2.75, 3.05) is 25.5 Å². The molecule has 1 aliphatic heterocycles. The first-order valence-electron chi connectivity index (χ1n) is 8.06. The third kappa shape index (κ3) is 4.52. The first kappa shape index (κ1) is 16.9. The molecule has 128 valence electrons. The molecule has 0 spiro atoms. The van der Waals surface area contributed by atoms with E-state index in [1.807, 2.05) is 18.3 Å². The molecule has 0 unspecified atom stereocenters. The third-order valence-corrected chi connectivity index (χ3v) is 5.01. The Morgan fingerprint density at radius 1 is 1.42 bits per heavy atom. The molecule has 2 aromatic rings. The molecule has 7 heteroatoms. The van der Waals surface area contributed by atoms with Crippen LogP contribution in [0.2, 0.25) is 0 Å². The smallest absolute Gasteiger partial charge is 0.223 e. The van der Waals surface area contributed by atoms with Crippen LogP contribution in [0.5, 0.6) is 5.75 Å². The highest BCUT2D eigenvalue weighted by atomic mass is 32.1. The topological polar surface area (TPSA) is 67.3 Å². The van der Waals surface area contributed by atoms with Crippen molar-refractivity contribution in [1.29, 1.82) is 0 Å². The number of thiazole rings is 1. The van der Waals surface area contributed by atoms with Gasteiger partial charge >= 0.3 is 0 Å². The lowest BCUT2D eigenvalue weighted by atomic mass is 10.0. The molecule has 0 saturated carbocycles. The molecule has 24 heavy (non-hydrogen) atoms. The van der Waals surface area contributed by atoms with Gasteiger partial charge in [0.25, 0.3) is 0 Å². The second kappa shape index (κ2) is 7.72. The standard InChI is InChI=1S/C17H22N4O2S/c1-12(22)20-17-19-9-16(24-17)11-21-6-5-13(10-21)7-14-3-4-15(23-2)8-18-14/h3-4,8-9,13H,5-7,10-11H2,1-2H3,(H,19,20,22)/t13-/m0/s1. The number of aromatic nitrogens is 2. The van der Waals surface area contributed by atoms with Gasteiger partial charge in [-0.25, -0.2) is 4.98 Å². The Morgan fingerprint density at radius 2 is 2.29 bits per heavy atom. The van der Waals surface area contributed by atoms with Gasteiger partial charge in [0, 0.05) is 36.8 Å². The molecule has 1 saturated heterocycles. The van der Waals surface area contributed by atoms with E-state index < -0.39 is 0 Å². The number of hydrogen-bond acceptors (Lipinski definition) is 6. The minimum atomic E-state index is -0.0795. The highest BCUT2D eigenvalue weighted by Gasteiger charge is 2.23. The Morgan fingerprint density at radius 3 is 3.00 bits per heavy atom. The number of nitrogens with zero attached hydrogens (tertiary/aromatic N) is 3. The van der Waals surface area contributed by atoms with Crippen molar-refractivity contribution in [1.82, 2.24) is 14.9 Å². The van der Waals surface area contributed by atoms with Crippen LogP contribution in [0.4, 0.5) is 5.13 Å². The first-order valence-corrected chi connectivity index (χ1v) is 8.87. The van der Waals surface area contributed by atoms with Gasteiger partial charge in [0.15, 0.2) is 5.13 Å². The molecule has 3 rings (SSSR count). The fourth-order valence-corrected chi connectivity index (χ4v) is 3.88. The van der Waals surface area contributed by atoms with E-state index in [-0.39, 0.29) is 5.91 Å². The number of ether oxygens (including phenoxy) is 1. The molecule has 1 aliphatic rings. The number of carbonyl (C=O) groups is 1. The van der Waals surface area contributed by atoms with Crippen LogP contribution in [0, 0.1) is 5.92 Å². The van der Waals surface area contributed by atoms with E-state index in [2.05, 4.69) is 20.2 Å². The average Bonchev–Trinajstić information content (AvgIpc) is 3.17. The van der Waals surface area contributed by atoms with Gasteiger partial charge in [-0.05, 0) is 37.4 Å². The summed E-state index contributed by atoms with van der Waals surface area (Å²) in [6.45, 7) is 4.55. The Bertz CT molecular complexity index is 686. The van der Waals surface area contributed by atoms with E-state index >= 15 is 0 Å². The number of amides is 1. The molecule has 0 aromatic carbocycles. The predicted molar refractivity (Wildman–Crippen MR) is 94.3 cm³/mol. The summed E-state index contributed by atoms with van der Waals surface area (Å²) in [5.41, 5.74) is 1.12. The van der Waals surface area contributed by atoms with E-state index in [0.717, 1.165) is 37.5 Å². The molecule has 1 amide bonds. The molecule has 0 bridgehead atoms. The van der Waals surface area contributed by atoms with Gasteiger partial charge in [0.05, 0.1) is 13.3 Å². The van der Waals surface area contributed by atoms with Crippen LogP contribution in [0.15, 0.2) is 24.5 Å². The third-order valence-electron chi connectivity index (χ3n) is 4.12. The maximum atomic E-state index is 11.1. The first-order chi connectivity index (χ1) is 11.6. The summed E-state index contributed by atoms with van der Waals surface area (Å²) in [5.74, 6) is 1.35. The molecule has 1 N–H and O–H groups in total. The average molecular weight is 346 g/mol. The molecule has 0 radical (unpaired) electrons. The summed E-state index contributed by atoms with van der Waals surface area (Å²) in [6, 6.07) is 4.01. The molecule has 3 heterocycles. The number of hydrogen-bond donors (Lipinski definition) is 1. The van der Waals surface area contributed by atoms with E-state index in [9.17, 15) is 4.79 Å². The van der Waals surface area contributed by atoms with Gasteiger partial charge in [-0.15, -0.1) is 11.3 Å². The van der Waals surface area contributed by atoms with Crippen molar-refractivity contribution in [3.63, 3.8) is 0 Å². The molecular formula is C17H22N4O2S. The van der Waals surface area contributed by atoms with Crippen LogP contribution in [-0.2, 0) is 17.8 Å². The van der Waals surface area contributed by atoms with Gasteiger partial charge in [-0.3, -0.25) is 14.7 Å². The highest BCUT2D eigenvalue weighted by Crippen LogP contribution is 2.25. The molecule has 2 aromatic heterocycles. The number of nitrogens with one attached hydrogen (secondary N) is 1. The minimum absolute atomic E-state index is 0.0795. The normalized spacial score (nSPS) is 17.8. The number of anilines is 1. The quantitative estimate of drug-likeness (QED) is 0.871. The summed E-state index contributed by atoms with van der Waals surface area (Å²) in [7, 11) is 1.66. The number of methoxy groups -OCH3 is 1. The molecule has 6 nitrogen and oxygen atoms in total. The zero-order chi connectivity index (χ0) is 16.9. The van der Waals surface area contributed by atoms with Crippen molar-refractivity contribution in [3.8, 4) is 5.75 Å². The van der Waals surface area contributed by atoms with E-state index in [4.69, 9.17) is 4.74 Å². The molecule has 0 aliphatic carbocycles. The predicted octanol–water partition coefficient (Wildman–Crippen LogP) is 2.57. The zero-order valence-electron chi connectivity index (χ0n) is 14.0. The minimum Gasteiger partial charge on any atom is -0.495 e. The fraction of sp³-hybridized carbons (Fsp3) is 0.471. The lowest BCUT2D eigenvalue weighted by Gasteiger charge is -2.14. The van der Waals surface area contributed by atoms with Gasteiger partial charge in [-0.2, -0.15) is 0 Å². The maximum absolute atomic E-state index is 11.1. The Balaban J connectivity index is 1.49. The largest absolute Gasteiger partial charge is 0.495 e. The van der Waals surface area contributed by atoms with Crippen molar-refractivity contribution in [2.24, 2.45) is 5.92 Å². The van der Waals surface area contributed by atoms with E-state index in [0.29, 0.717) is 11.0 Å². The summed E-state index contributed by atoms with van der Waals surface area (Å²) in [6.07, 6.45) is 5.82. The Labute approximate surface area is 145 Å². The summed E-state index contributed by atoms with van der Waals surface area (Å²) >= 11 is 1.55. The Kier molecular flexibility index (Phi) is 5.42. The van der Waals surface area contributed by atoms with Crippen molar-refractivity contribution in [2.45, 2.75) is 26.3 Å². The lowest BCUT2D eigenvalue weighted by Crippen LogP contribution is -2.20. The van der Waals surface area contributed by atoms with Crippen molar-refractivity contribution >= 4 is 22.4 Å². The highest BCUT2D eigenvalue weighted by molar-refractivity contribution is 7.15. The zero-order valence-corrected chi connectivity index (χ0v) is 14.8. The number of carbonyl (C=O) groups excluding carboxylic acids is 1. The van der Waals surface area contributed by atoms with Crippen LogP contribution in [0.3, 0.4) is 0 Å². The van der Waals surface area contributed by atoms with Crippen LogP contribution in [0.1, 0.15) is 23.9 Å².